The summed E-state index contributed by atoms with van der Waals surface area (Å²) in [5, 5.41) is 21.3. The molecule has 0 aliphatic carbocycles. The molecule has 2 aromatic heterocycles. The lowest BCUT2D eigenvalue weighted by Gasteiger charge is -1.90. The SMILES string of the molecule is O=Cc1cc([N+](=O)[O-])c(-c2ccc([N+](=O)[O-])s2)s1. The van der Waals surface area contributed by atoms with Crippen molar-refractivity contribution in [3.63, 3.8) is 0 Å². The Balaban J connectivity index is 2.54. The number of thiophene rings is 2. The summed E-state index contributed by atoms with van der Waals surface area (Å²) < 4.78 is 0. The molecule has 2 aromatic rings. The van der Waals surface area contributed by atoms with Gasteiger partial charge in [-0.05, 0) is 6.07 Å². The second-order valence-electron chi connectivity index (χ2n) is 3.13. The molecule has 2 heterocycles. The highest BCUT2D eigenvalue weighted by Gasteiger charge is 2.23. The number of nitrogens with zero attached hydrogens (tertiary/aromatic N) is 2. The van der Waals surface area contributed by atoms with Crippen molar-refractivity contribution in [3.8, 4) is 9.75 Å². The van der Waals surface area contributed by atoms with Gasteiger partial charge in [-0.1, -0.05) is 11.3 Å². The first kappa shape index (κ1) is 12.3. The van der Waals surface area contributed by atoms with Gasteiger partial charge in [0.05, 0.1) is 19.6 Å². The van der Waals surface area contributed by atoms with Gasteiger partial charge in [0.15, 0.2) is 6.29 Å². The van der Waals surface area contributed by atoms with Gasteiger partial charge in [0, 0.05) is 12.1 Å². The molecule has 0 aliphatic heterocycles. The number of carbonyl (C=O) groups is 1. The summed E-state index contributed by atoms with van der Waals surface area (Å²) in [6.07, 6.45) is 0.517. The van der Waals surface area contributed by atoms with E-state index in [2.05, 4.69) is 0 Å². The predicted octanol–water partition coefficient (Wildman–Crippen LogP) is 3.11. The van der Waals surface area contributed by atoms with Crippen LogP contribution in [-0.2, 0) is 0 Å². The van der Waals surface area contributed by atoms with Crippen LogP contribution in [-0.4, -0.2) is 16.1 Å². The van der Waals surface area contributed by atoms with Crippen LogP contribution in [0, 0.1) is 20.2 Å². The van der Waals surface area contributed by atoms with Gasteiger partial charge in [-0.2, -0.15) is 0 Å². The summed E-state index contributed by atoms with van der Waals surface area (Å²) >= 11 is 1.78. The topological polar surface area (TPSA) is 103 Å². The fourth-order valence-corrected chi connectivity index (χ4v) is 3.20. The maximum Gasteiger partial charge on any atom is 0.324 e. The Morgan fingerprint density at radius 2 is 1.83 bits per heavy atom. The third-order valence-corrected chi connectivity index (χ3v) is 4.31. The average molecular weight is 284 g/mol. The fraction of sp³-hybridized carbons (Fsp3) is 0. The molecule has 7 nitrogen and oxygen atoms in total. The number of carbonyl (C=O) groups excluding carboxylic acids is 1. The summed E-state index contributed by atoms with van der Waals surface area (Å²) in [4.78, 5) is 31.7. The minimum absolute atomic E-state index is 0.0969. The molecular formula is C9H4N2O5S2. The Morgan fingerprint density at radius 3 is 2.33 bits per heavy atom. The Kier molecular flexibility index (Phi) is 3.17. The molecule has 0 aromatic carbocycles. The summed E-state index contributed by atoms with van der Waals surface area (Å²) in [6, 6.07) is 3.89. The first-order valence-electron chi connectivity index (χ1n) is 4.51. The van der Waals surface area contributed by atoms with Crippen LogP contribution < -0.4 is 0 Å². The Hall–Kier alpha value is -2.13. The number of rotatable bonds is 4. The molecule has 0 amide bonds. The molecule has 2 rings (SSSR count). The summed E-state index contributed by atoms with van der Waals surface area (Å²) in [7, 11) is 0. The van der Waals surface area contributed by atoms with E-state index in [1.807, 2.05) is 0 Å². The lowest BCUT2D eigenvalue weighted by atomic mass is 10.3. The van der Waals surface area contributed by atoms with E-state index in [0.29, 0.717) is 11.2 Å². The zero-order chi connectivity index (χ0) is 13.3. The number of hydrogen-bond donors (Lipinski definition) is 0. The summed E-state index contributed by atoms with van der Waals surface area (Å²) in [5.74, 6) is 0. The molecule has 0 aliphatic rings. The highest BCUT2D eigenvalue weighted by molar-refractivity contribution is 7.24. The van der Waals surface area contributed by atoms with Crippen LogP contribution in [0.5, 0.6) is 0 Å². The van der Waals surface area contributed by atoms with Crippen molar-refractivity contribution in [2.24, 2.45) is 0 Å². The minimum Gasteiger partial charge on any atom is -0.297 e. The van der Waals surface area contributed by atoms with Crippen LogP contribution in [0.25, 0.3) is 9.75 Å². The Bertz CT molecular complexity index is 645. The molecule has 9 heteroatoms. The number of hydrogen-bond acceptors (Lipinski definition) is 7. The van der Waals surface area contributed by atoms with Crippen molar-refractivity contribution in [1.29, 1.82) is 0 Å². The maximum absolute atomic E-state index is 10.8. The Labute approximate surface area is 108 Å². The van der Waals surface area contributed by atoms with Crippen LogP contribution in [0.4, 0.5) is 10.7 Å². The highest BCUT2D eigenvalue weighted by atomic mass is 32.1. The zero-order valence-electron chi connectivity index (χ0n) is 8.56. The molecule has 0 unspecified atom stereocenters. The number of nitro groups is 2. The second-order valence-corrected chi connectivity index (χ2v) is 5.28. The third-order valence-electron chi connectivity index (χ3n) is 2.04. The molecule has 0 fully saturated rings. The molecule has 0 N–H and O–H groups in total. The second kappa shape index (κ2) is 4.63. The first-order chi connectivity index (χ1) is 8.52. The maximum atomic E-state index is 10.8. The van der Waals surface area contributed by atoms with Crippen molar-refractivity contribution in [1.82, 2.24) is 0 Å². The van der Waals surface area contributed by atoms with Gasteiger partial charge in [-0.15, -0.1) is 11.3 Å². The Morgan fingerprint density at radius 1 is 1.11 bits per heavy atom. The highest BCUT2D eigenvalue weighted by Crippen LogP contribution is 2.42. The van der Waals surface area contributed by atoms with Crippen molar-refractivity contribution in [3.05, 3.63) is 43.3 Å². The lowest BCUT2D eigenvalue weighted by molar-refractivity contribution is -0.383. The molecular weight excluding hydrogens is 280 g/mol. The van der Waals surface area contributed by atoms with Gasteiger partial charge >= 0.3 is 5.00 Å². The van der Waals surface area contributed by atoms with E-state index >= 15 is 0 Å². The lowest BCUT2D eigenvalue weighted by Crippen LogP contribution is -1.86. The van der Waals surface area contributed by atoms with E-state index in [1.165, 1.54) is 18.2 Å². The molecule has 92 valence electrons. The van der Waals surface area contributed by atoms with Crippen LogP contribution >= 0.6 is 22.7 Å². The van der Waals surface area contributed by atoms with Gasteiger partial charge in [-0.3, -0.25) is 25.0 Å². The van der Waals surface area contributed by atoms with Crippen LogP contribution in [0.1, 0.15) is 9.67 Å². The summed E-state index contributed by atoms with van der Waals surface area (Å²) in [6.45, 7) is 0. The predicted molar refractivity (Wildman–Crippen MR) is 66.3 cm³/mol. The van der Waals surface area contributed by atoms with Gasteiger partial charge < -0.3 is 0 Å². The molecule has 0 atom stereocenters. The molecule has 0 bridgehead atoms. The normalized spacial score (nSPS) is 10.2. The molecule has 0 radical (unpaired) electrons. The quantitative estimate of drug-likeness (QED) is 0.487. The molecule has 18 heavy (non-hydrogen) atoms. The standard InChI is InChI=1S/C9H4N2O5S2/c12-4-5-3-6(10(13)14)9(17-5)7-1-2-8(18-7)11(15)16/h1-4H. The third kappa shape index (κ3) is 2.13. The molecule has 0 saturated carbocycles. The van der Waals surface area contributed by atoms with Crippen molar-refractivity contribution in [2.75, 3.05) is 0 Å². The molecule has 0 saturated heterocycles. The first-order valence-corrected chi connectivity index (χ1v) is 6.14. The van der Waals surface area contributed by atoms with Crippen LogP contribution in [0.3, 0.4) is 0 Å². The van der Waals surface area contributed by atoms with E-state index in [1.54, 1.807) is 0 Å². The van der Waals surface area contributed by atoms with Gasteiger partial charge in [0.1, 0.15) is 4.88 Å². The average Bonchev–Trinajstić information content (AvgIpc) is 2.95. The minimum atomic E-state index is -0.607. The van der Waals surface area contributed by atoms with E-state index in [4.69, 9.17) is 0 Å². The van der Waals surface area contributed by atoms with E-state index in [9.17, 15) is 25.0 Å². The fourth-order valence-electron chi connectivity index (χ4n) is 1.32. The van der Waals surface area contributed by atoms with Crippen molar-refractivity contribution < 1.29 is 14.6 Å². The zero-order valence-corrected chi connectivity index (χ0v) is 10.2. The van der Waals surface area contributed by atoms with Gasteiger partial charge in [0.25, 0.3) is 5.69 Å². The molecule has 0 spiro atoms. The van der Waals surface area contributed by atoms with Crippen molar-refractivity contribution >= 4 is 39.6 Å². The van der Waals surface area contributed by atoms with Crippen LogP contribution in [0.2, 0.25) is 0 Å². The van der Waals surface area contributed by atoms with E-state index in [-0.39, 0.29) is 20.4 Å². The van der Waals surface area contributed by atoms with E-state index < -0.39 is 9.85 Å². The summed E-state index contributed by atoms with van der Waals surface area (Å²) in [5.41, 5.74) is -0.209. The smallest absolute Gasteiger partial charge is 0.297 e. The van der Waals surface area contributed by atoms with Crippen LogP contribution in [0.15, 0.2) is 18.2 Å². The number of aldehydes is 1. The van der Waals surface area contributed by atoms with E-state index in [0.717, 1.165) is 22.7 Å². The monoisotopic (exact) mass is 284 g/mol. The van der Waals surface area contributed by atoms with Gasteiger partial charge in [0.2, 0.25) is 0 Å². The van der Waals surface area contributed by atoms with Crippen molar-refractivity contribution in [2.45, 2.75) is 0 Å². The van der Waals surface area contributed by atoms with Gasteiger partial charge in [-0.25, -0.2) is 0 Å². The largest absolute Gasteiger partial charge is 0.324 e.